The van der Waals surface area contributed by atoms with Gasteiger partial charge in [0.1, 0.15) is 0 Å². The molecule has 1 amide bonds. The molecular formula is C16H29Cl2N5O2. The number of carbonyl (C=O) groups excluding carboxylic acids is 1. The van der Waals surface area contributed by atoms with E-state index in [4.69, 9.17) is 10.3 Å². The number of halogens is 2. The highest BCUT2D eigenvalue weighted by Crippen LogP contribution is 2.26. The summed E-state index contributed by atoms with van der Waals surface area (Å²) in [5, 5.41) is 3.85. The first-order valence-corrected chi connectivity index (χ1v) is 8.63. The monoisotopic (exact) mass is 393 g/mol. The van der Waals surface area contributed by atoms with Gasteiger partial charge in [-0.05, 0) is 33.1 Å². The molecule has 1 saturated carbocycles. The second kappa shape index (κ2) is 9.71. The molecule has 3 unspecified atom stereocenters. The molecule has 25 heavy (non-hydrogen) atoms. The molecule has 2 N–H and O–H groups in total. The lowest BCUT2D eigenvalue weighted by atomic mass is 9.85. The summed E-state index contributed by atoms with van der Waals surface area (Å²) in [5.74, 6) is 1.73. The summed E-state index contributed by atoms with van der Waals surface area (Å²) in [7, 11) is 0. The lowest BCUT2D eigenvalue weighted by Crippen LogP contribution is -2.51. The predicted molar refractivity (Wildman–Crippen MR) is 100 cm³/mol. The van der Waals surface area contributed by atoms with Gasteiger partial charge in [-0.3, -0.25) is 9.69 Å². The summed E-state index contributed by atoms with van der Waals surface area (Å²) in [6.45, 7) is 7.11. The van der Waals surface area contributed by atoms with Gasteiger partial charge in [0.15, 0.2) is 5.82 Å². The normalized spacial score (nSPS) is 25.6. The number of hydrogen-bond acceptors (Lipinski definition) is 6. The highest BCUT2D eigenvalue weighted by molar-refractivity contribution is 5.85. The Morgan fingerprint density at radius 3 is 2.48 bits per heavy atom. The Labute approximate surface area is 161 Å². The Hall–Kier alpha value is -0.890. The Kier molecular flexibility index (Phi) is 8.60. The number of aryl methyl sites for hydroxylation is 1. The molecule has 0 spiro atoms. The molecule has 1 aromatic heterocycles. The number of carbonyl (C=O) groups is 1. The van der Waals surface area contributed by atoms with Crippen LogP contribution in [0.3, 0.4) is 0 Å². The van der Waals surface area contributed by atoms with Crippen LogP contribution in [-0.4, -0.2) is 58.1 Å². The molecule has 1 aliphatic heterocycles. The molecule has 3 atom stereocenters. The van der Waals surface area contributed by atoms with Gasteiger partial charge in [-0.2, -0.15) is 4.98 Å². The molecule has 144 valence electrons. The van der Waals surface area contributed by atoms with Gasteiger partial charge in [0.2, 0.25) is 11.8 Å². The van der Waals surface area contributed by atoms with Crippen LogP contribution < -0.4 is 5.73 Å². The third kappa shape index (κ3) is 5.29. The average Bonchev–Trinajstić information content (AvgIpc) is 3.00. The zero-order valence-electron chi connectivity index (χ0n) is 14.9. The van der Waals surface area contributed by atoms with Crippen molar-refractivity contribution < 1.29 is 9.32 Å². The second-order valence-electron chi connectivity index (χ2n) is 6.84. The summed E-state index contributed by atoms with van der Waals surface area (Å²) in [4.78, 5) is 21.3. The fourth-order valence-corrected chi connectivity index (χ4v) is 3.68. The summed E-state index contributed by atoms with van der Waals surface area (Å²) in [5.41, 5.74) is 6.02. The van der Waals surface area contributed by atoms with E-state index in [0.717, 1.165) is 51.9 Å². The van der Waals surface area contributed by atoms with Gasteiger partial charge in [-0.1, -0.05) is 11.6 Å². The fourth-order valence-electron chi connectivity index (χ4n) is 3.68. The summed E-state index contributed by atoms with van der Waals surface area (Å²) >= 11 is 0. The van der Waals surface area contributed by atoms with Crippen LogP contribution in [0.25, 0.3) is 0 Å². The van der Waals surface area contributed by atoms with E-state index in [0.29, 0.717) is 17.6 Å². The maximum absolute atomic E-state index is 12.7. The van der Waals surface area contributed by atoms with Crippen LogP contribution in [-0.2, 0) is 4.79 Å². The van der Waals surface area contributed by atoms with Crippen molar-refractivity contribution in [3.05, 3.63) is 11.7 Å². The van der Waals surface area contributed by atoms with Crippen molar-refractivity contribution in [2.45, 2.75) is 51.6 Å². The largest absolute Gasteiger partial charge is 0.340 e. The molecular weight excluding hydrogens is 365 g/mol. The summed E-state index contributed by atoms with van der Waals surface area (Å²) in [6.07, 6.45) is 3.96. The van der Waals surface area contributed by atoms with E-state index in [1.54, 1.807) is 0 Å². The van der Waals surface area contributed by atoms with Crippen LogP contribution in [0.5, 0.6) is 0 Å². The number of piperazine rings is 1. The van der Waals surface area contributed by atoms with Crippen LogP contribution >= 0.6 is 24.8 Å². The Bertz CT molecular complexity index is 548. The zero-order chi connectivity index (χ0) is 16.4. The summed E-state index contributed by atoms with van der Waals surface area (Å²) < 4.78 is 5.26. The first kappa shape index (κ1) is 22.2. The number of aromatic nitrogens is 2. The predicted octanol–water partition coefficient (Wildman–Crippen LogP) is 1.94. The van der Waals surface area contributed by atoms with E-state index in [9.17, 15) is 4.79 Å². The molecule has 0 bridgehead atoms. The van der Waals surface area contributed by atoms with Crippen molar-refractivity contribution >= 4 is 30.7 Å². The Morgan fingerprint density at radius 1 is 1.24 bits per heavy atom. The van der Waals surface area contributed by atoms with Crippen molar-refractivity contribution in [3.63, 3.8) is 0 Å². The minimum Gasteiger partial charge on any atom is -0.340 e. The van der Waals surface area contributed by atoms with Crippen LogP contribution in [0.1, 0.15) is 50.4 Å². The standard InChI is InChI=1S/C16H27N5O2.2ClH/c1-11(15-18-12(2)19-23-15)20-6-8-21(9-7-20)16(22)13-4-3-5-14(17)10-13;;/h11,13-14H,3-10,17H2,1-2H3;2*1H. The van der Waals surface area contributed by atoms with E-state index >= 15 is 0 Å². The van der Waals surface area contributed by atoms with Crippen LogP contribution in [0.2, 0.25) is 0 Å². The first-order valence-electron chi connectivity index (χ1n) is 8.63. The molecule has 2 aliphatic rings. The highest BCUT2D eigenvalue weighted by Gasteiger charge is 2.32. The number of nitrogens with two attached hydrogens (primary N) is 1. The SMILES string of the molecule is Cc1noc(C(C)N2CCN(C(=O)C3CCCC(N)C3)CC2)n1.Cl.Cl. The molecule has 1 aliphatic carbocycles. The topological polar surface area (TPSA) is 88.5 Å². The second-order valence-corrected chi connectivity index (χ2v) is 6.84. The van der Waals surface area contributed by atoms with Crippen molar-refractivity contribution in [2.75, 3.05) is 26.2 Å². The van der Waals surface area contributed by atoms with Crippen molar-refractivity contribution in [1.29, 1.82) is 0 Å². The van der Waals surface area contributed by atoms with Crippen molar-refractivity contribution in [2.24, 2.45) is 11.7 Å². The quantitative estimate of drug-likeness (QED) is 0.843. The van der Waals surface area contributed by atoms with E-state index in [2.05, 4.69) is 22.0 Å². The van der Waals surface area contributed by atoms with Gasteiger partial charge in [0.05, 0.1) is 6.04 Å². The minimum absolute atomic E-state index is 0. The van der Waals surface area contributed by atoms with Crippen LogP contribution in [0.15, 0.2) is 4.52 Å². The van der Waals surface area contributed by atoms with Gasteiger partial charge < -0.3 is 15.2 Å². The van der Waals surface area contributed by atoms with Crippen molar-refractivity contribution in [3.8, 4) is 0 Å². The molecule has 3 rings (SSSR count). The maximum atomic E-state index is 12.7. The minimum atomic E-state index is 0. The molecule has 1 saturated heterocycles. The van der Waals surface area contributed by atoms with Gasteiger partial charge in [0.25, 0.3) is 0 Å². The van der Waals surface area contributed by atoms with E-state index in [-0.39, 0.29) is 42.8 Å². The zero-order valence-corrected chi connectivity index (χ0v) is 16.5. The molecule has 7 nitrogen and oxygen atoms in total. The molecule has 0 radical (unpaired) electrons. The first-order chi connectivity index (χ1) is 11.0. The highest BCUT2D eigenvalue weighted by atomic mass is 35.5. The van der Waals surface area contributed by atoms with Gasteiger partial charge in [0, 0.05) is 38.1 Å². The van der Waals surface area contributed by atoms with E-state index in [1.807, 2.05) is 11.8 Å². The van der Waals surface area contributed by atoms with Gasteiger partial charge in [-0.15, -0.1) is 24.8 Å². The Morgan fingerprint density at radius 2 is 1.92 bits per heavy atom. The lowest BCUT2D eigenvalue weighted by molar-refractivity contribution is -0.138. The average molecular weight is 394 g/mol. The number of hydrogen-bond donors (Lipinski definition) is 1. The Balaban J connectivity index is 0.00000156. The third-order valence-electron chi connectivity index (χ3n) is 5.14. The fraction of sp³-hybridized carbons (Fsp3) is 0.812. The van der Waals surface area contributed by atoms with Gasteiger partial charge in [-0.25, -0.2) is 0 Å². The number of amides is 1. The smallest absolute Gasteiger partial charge is 0.243 e. The summed E-state index contributed by atoms with van der Waals surface area (Å²) in [6, 6.07) is 0.288. The maximum Gasteiger partial charge on any atom is 0.243 e. The van der Waals surface area contributed by atoms with Gasteiger partial charge >= 0.3 is 0 Å². The van der Waals surface area contributed by atoms with E-state index < -0.39 is 0 Å². The molecule has 1 aromatic rings. The molecule has 2 heterocycles. The third-order valence-corrected chi connectivity index (χ3v) is 5.14. The van der Waals surface area contributed by atoms with Crippen LogP contribution in [0.4, 0.5) is 0 Å². The van der Waals surface area contributed by atoms with Crippen LogP contribution in [0, 0.1) is 12.8 Å². The molecule has 9 heteroatoms. The molecule has 0 aromatic carbocycles. The van der Waals surface area contributed by atoms with Crippen molar-refractivity contribution in [1.82, 2.24) is 19.9 Å². The van der Waals surface area contributed by atoms with E-state index in [1.165, 1.54) is 0 Å². The lowest BCUT2D eigenvalue weighted by Gasteiger charge is -2.39. The number of rotatable bonds is 3. The number of nitrogens with zero attached hydrogens (tertiary/aromatic N) is 4. The molecule has 2 fully saturated rings.